The van der Waals surface area contributed by atoms with Crippen molar-refractivity contribution in [1.29, 1.82) is 0 Å². The van der Waals surface area contributed by atoms with Crippen molar-refractivity contribution in [1.82, 2.24) is 0 Å². The normalized spacial score (nSPS) is 12.1. The highest BCUT2D eigenvalue weighted by molar-refractivity contribution is 8.00. The summed E-state index contributed by atoms with van der Waals surface area (Å²) in [5.41, 5.74) is -0.208. The maximum absolute atomic E-state index is 11.0. The summed E-state index contributed by atoms with van der Waals surface area (Å²) in [4.78, 5) is 21.6. The molecule has 1 N–H and O–H groups in total. The molecule has 0 radical (unpaired) electrons. The number of benzene rings is 1. The van der Waals surface area contributed by atoms with Gasteiger partial charge in [-0.05, 0) is 12.5 Å². The lowest BCUT2D eigenvalue weighted by Crippen LogP contribution is -2.03. The van der Waals surface area contributed by atoms with Crippen molar-refractivity contribution in [3.63, 3.8) is 0 Å². The lowest BCUT2D eigenvalue weighted by atomic mass is 10.2. The van der Waals surface area contributed by atoms with Crippen LogP contribution in [-0.2, 0) is 0 Å². The van der Waals surface area contributed by atoms with Gasteiger partial charge in [-0.1, -0.05) is 13.8 Å². The molecular weight excluding hydrogens is 242 g/mol. The monoisotopic (exact) mass is 255 g/mol. The number of aromatic carboxylic acids is 1. The molecule has 0 fully saturated rings. The average Bonchev–Trinajstić information content (AvgIpc) is 2.28. The van der Waals surface area contributed by atoms with Gasteiger partial charge in [-0.15, -0.1) is 11.8 Å². The fraction of sp³-hybridized carbons (Fsp3) is 0.364. The molecule has 5 nitrogen and oxygen atoms in total. The topological polar surface area (TPSA) is 80.4 Å². The van der Waals surface area contributed by atoms with Gasteiger partial charge in [0.1, 0.15) is 0 Å². The SMILES string of the molecule is CC[C@@H](C)Sc1ccc([N+](=O)[O-])cc1C(=O)O. The molecule has 0 saturated heterocycles. The summed E-state index contributed by atoms with van der Waals surface area (Å²) in [5.74, 6) is -1.14. The van der Waals surface area contributed by atoms with Gasteiger partial charge >= 0.3 is 5.97 Å². The van der Waals surface area contributed by atoms with Crippen LogP contribution in [0.3, 0.4) is 0 Å². The van der Waals surface area contributed by atoms with Crippen molar-refractivity contribution in [2.75, 3.05) is 0 Å². The molecule has 6 heteroatoms. The number of thioether (sulfide) groups is 1. The first-order valence-corrected chi connectivity index (χ1v) is 6.02. The Balaban J connectivity index is 3.13. The van der Waals surface area contributed by atoms with E-state index in [4.69, 9.17) is 5.11 Å². The Kier molecular flexibility index (Phi) is 4.51. The number of hydrogen-bond donors (Lipinski definition) is 1. The zero-order chi connectivity index (χ0) is 13.0. The minimum Gasteiger partial charge on any atom is -0.478 e. The minimum atomic E-state index is -1.14. The molecule has 0 heterocycles. The van der Waals surface area contributed by atoms with Crippen LogP contribution < -0.4 is 0 Å². The zero-order valence-electron chi connectivity index (χ0n) is 9.54. The standard InChI is InChI=1S/C11H13NO4S/c1-3-7(2)17-10-5-4-8(12(15)16)6-9(10)11(13)14/h4-7H,3H2,1-2H3,(H,13,14)/t7-/m1/s1. The number of nitro groups is 1. The summed E-state index contributed by atoms with van der Waals surface area (Å²) in [7, 11) is 0. The Morgan fingerprint density at radius 1 is 1.59 bits per heavy atom. The molecule has 0 bridgehead atoms. The predicted octanol–water partition coefficient (Wildman–Crippen LogP) is 3.18. The Bertz CT molecular complexity index is 447. The molecule has 0 saturated carbocycles. The van der Waals surface area contributed by atoms with Crippen LogP contribution in [0.25, 0.3) is 0 Å². The first-order chi connectivity index (χ1) is 7.95. The number of hydrogen-bond acceptors (Lipinski definition) is 4. The van der Waals surface area contributed by atoms with Crippen LogP contribution in [0.2, 0.25) is 0 Å². The maximum atomic E-state index is 11.0. The van der Waals surface area contributed by atoms with E-state index in [1.54, 1.807) is 0 Å². The van der Waals surface area contributed by atoms with Crippen molar-refractivity contribution in [3.8, 4) is 0 Å². The molecule has 92 valence electrons. The molecule has 1 rings (SSSR count). The van der Waals surface area contributed by atoms with E-state index in [1.807, 2.05) is 13.8 Å². The van der Waals surface area contributed by atoms with E-state index in [0.717, 1.165) is 12.5 Å². The third kappa shape index (κ3) is 3.45. The van der Waals surface area contributed by atoms with E-state index in [2.05, 4.69) is 0 Å². The van der Waals surface area contributed by atoms with Crippen LogP contribution in [0.4, 0.5) is 5.69 Å². The van der Waals surface area contributed by atoms with Crippen molar-refractivity contribution in [2.24, 2.45) is 0 Å². The maximum Gasteiger partial charge on any atom is 0.337 e. The first-order valence-electron chi connectivity index (χ1n) is 5.14. The van der Waals surface area contributed by atoms with E-state index < -0.39 is 10.9 Å². The molecule has 0 aromatic heterocycles. The molecule has 17 heavy (non-hydrogen) atoms. The van der Waals surface area contributed by atoms with Gasteiger partial charge in [0.05, 0.1) is 10.5 Å². The van der Waals surface area contributed by atoms with Crippen molar-refractivity contribution < 1.29 is 14.8 Å². The van der Waals surface area contributed by atoms with Crippen LogP contribution in [0.5, 0.6) is 0 Å². The van der Waals surface area contributed by atoms with Gasteiger partial charge in [0, 0.05) is 22.3 Å². The molecule has 0 unspecified atom stereocenters. The lowest BCUT2D eigenvalue weighted by Gasteiger charge is -2.10. The number of non-ortho nitro benzene ring substituents is 1. The number of nitro benzene ring substituents is 1. The van der Waals surface area contributed by atoms with Crippen LogP contribution in [0.15, 0.2) is 23.1 Å². The second-order valence-electron chi connectivity index (χ2n) is 3.58. The van der Waals surface area contributed by atoms with Crippen LogP contribution in [-0.4, -0.2) is 21.2 Å². The first kappa shape index (κ1) is 13.5. The van der Waals surface area contributed by atoms with E-state index >= 15 is 0 Å². The minimum absolute atomic E-state index is 0.00972. The Hall–Kier alpha value is -1.56. The van der Waals surface area contributed by atoms with Gasteiger partial charge in [-0.25, -0.2) is 4.79 Å². The summed E-state index contributed by atoms with van der Waals surface area (Å²) in [6.45, 7) is 3.99. The molecule has 0 amide bonds. The average molecular weight is 255 g/mol. The number of carbonyl (C=O) groups is 1. The summed E-state index contributed by atoms with van der Waals surface area (Å²) in [5, 5.41) is 19.9. The van der Waals surface area contributed by atoms with E-state index in [0.29, 0.717) is 4.90 Å². The summed E-state index contributed by atoms with van der Waals surface area (Å²) < 4.78 is 0. The number of nitrogens with zero attached hydrogens (tertiary/aromatic N) is 1. The molecule has 1 aromatic rings. The molecule has 0 aliphatic carbocycles. The van der Waals surface area contributed by atoms with Gasteiger partial charge in [-0.2, -0.15) is 0 Å². The second-order valence-corrected chi connectivity index (χ2v) is 5.06. The van der Waals surface area contributed by atoms with Crippen molar-refractivity contribution in [3.05, 3.63) is 33.9 Å². The third-order valence-electron chi connectivity index (χ3n) is 2.31. The predicted molar refractivity (Wildman–Crippen MR) is 65.7 cm³/mol. The Morgan fingerprint density at radius 3 is 2.71 bits per heavy atom. The smallest absolute Gasteiger partial charge is 0.337 e. The number of carboxylic acids is 1. The van der Waals surface area contributed by atoms with Crippen LogP contribution in [0, 0.1) is 10.1 Å². The Morgan fingerprint density at radius 2 is 2.24 bits per heavy atom. The van der Waals surface area contributed by atoms with Gasteiger partial charge < -0.3 is 5.11 Å². The largest absolute Gasteiger partial charge is 0.478 e. The van der Waals surface area contributed by atoms with Crippen molar-refractivity contribution >= 4 is 23.4 Å². The summed E-state index contributed by atoms with van der Waals surface area (Å²) in [6.07, 6.45) is 0.903. The fourth-order valence-electron chi connectivity index (χ4n) is 1.20. The van der Waals surface area contributed by atoms with Crippen molar-refractivity contribution in [2.45, 2.75) is 30.4 Å². The molecule has 1 atom stereocenters. The van der Waals surface area contributed by atoms with Crippen LogP contribution in [0.1, 0.15) is 30.6 Å². The van der Waals surface area contributed by atoms with E-state index in [-0.39, 0.29) is 16.5 Å². The lowest BCUT2D eigenvalue weighted by molar-refractivity contribution is -0.384. The quantitative estimate of drug-likeness (QED) is 0.496. The van der Waals surface area contributed by atoms with Crippen LogP contribution >= 0.6 is 11.8 Å². The summed E-state index contributed by atoms with van der Waals surface area (Å²) >= 11 is 1.42. The van der Waals surface area contributed by atoms with Gasteiger partial charge in [0.2, 0.25) is 0 Å². The van der Waals surface area contributed by atoms with E-state index in [1.165, 1.54) is 23.9 Å². The molecule has 0 aliphatic rings. The fourth-order valence-corrected chi connectivity index (χ4v) is 2.22. The molecule has 0 spiro atoms. The van der Waals surface area contributed by atoms with Gasteiger partial charge in [0.15, 0.2) is 0 Å². The third-order valence-corrected chi connectivity index (χ3v) is 3.65. The molecule has 0 aliphatic heterocycles. The zero-order valence-corrected chi connectivity index (χ0v) is 10.4. The second kappa shape index (κ2) is 5.67. The summed E-state index contributed by atoms with van der Waals surface area (Å²) in [6, 6.07) is 3.93. The number of rotatable bonds is 5. The van der Waals surface area contributed by atoms with Gasteiger partial charge in [-0.3, -0.25) is 10.1 Å². The molecular formula is C11H13NO4S. The number of carboxylic acid groups (broad SMARTS) is 1. The highest BCUT2D eigenvalue weighted by Gasteiger charge is 2.17. The Labute approximate surface area is 103 Å². The highest BCUT2D eigenvalue weighted by atomic mass is 32.2. The van der Waals surface area contributed by atoms with Gasteiger partial charge in [0.25, 0.3) is 5.69 Å². The molecule has 1 aromatic carbocycles. The van der Waals surface area contributed by atoms with E-state index in [9.17, 15) is 14.9 Å². The highest BCUT2D eigenvalue weighted by Crippen LogP contribution is 2.30.